The molecule has 0 saturated carbocycles. The van der Waals surface area contributed by atoms with Gasteiger partial charge in [0.25, 0.3) is 0 Å². The van der Waals surface area contributed by atoms with E-state index in [2.05, 4.69) is 9.98 Å². The molecule has 2 aromatic carbocycles. The fraction of sp³-hybridized carbons (Fsp3) is 0.176. The van der Waals surface area contributed by atoms with E-state index in [1.165, 1.54) is 17.1 Å². The molecule has 0 aliphatic carbocycles. The van der Waals surface area contributed by atoms with Crippen molar-refractivity contribution in [1.29, 1.82) is 0 Å². The molecule has 0 bridgehead atoms. The molecule has 0 aromatic heterocycles. The van der Waals surface area contributed by atoms with Crippen molar-refractivity contribution in [3.05, 3.63) is 64.4 Å². The summed E-state index contributed by atoms with van der Waals surface area (Å²) in [6.45, 7) is 2.84. The number of hydrazine groups is 1. The number of aliphatic imine (C=N–C) groups is 2. The molecule has 2 N–H and O–H groups in total. The van der Waals surface area contributed by atoms with E-state index in [9.17, 15) is 4.39 Å². The minimum atomic E-state index is -0.345. The van der Waals surface area contributed by atoms with Gasteiger partial charge in [-0.15, -0.1) is 0 Å². The Bertz CT molecular complexity index is 801. The lowest BCUT2D eigenvalue weighted by atomic mass is 10.0. The number of benzene rings is 2. The predicted molar refractivity (Wildman–Crippen MR) is 92.0 cm³/mol. The molecule has 0 unspecified atom stereocenters. The number of rotatable bonds is 2. The summed E-state index contributed by atoms with van der Waals surface area (Å²) in [5, 5.41) is 2.09. The van der Waals surface area contributed by atoms with Gasteiger partial charge >= 0.3 is 0 Å². The van der Waals surface area contributed by atoms with Crippen molar-refractivity contribution in [2.45, 2.75) is 6.92 Å². The number of likely N-dealkylation sites (N-methyl/N-ethyl adjacent to an activating group) is 1. The fourth-order valence-corrected chi connectivity index (χ4v) is 2.65. The highest BCUT2D eigenvalue weighted by Crippen LogP contribution is 2.29. The number of nitrogens with zero attached hydrogens (tertiary/aromatic N) is 3. The Morgan fingerprint density at radius 2 is 2.00 bits per heavy atom. The summed E-state index contributed by atoms with van der Waals surface area (Å²) in [5.74, 6) is 6.23. The van der Waals surface area contributed by atoms with Crippen molar-refractivity contribution in [2.75, 3.05) is 13.1 Å². The number of hydrogen-bond acceptors (Lipinski definition) is 4. The molecular formula is C17H16ClFN4. The van der Waals surface area contributed by atoms with E-state index >= 15 is 0 Å². The molecule has 1 heterocycles. The lowest BCUT2D eigenvalue weighted by molar-refractivity contribution is 0.459. The van der Waals surface area contributed by atoms with Crippen molar-refractivity contribution < 1.29 is 4.39 Å². The van der Waals surface area contributed by atoms with Gasteiger partial charge in [0.05, 0.1) is 17.9 Å². The Morgan fingerprint density at radius 1 is 1.22 bits per heavy atom. The van der Waals surface area contributed by atoms with Gasteiger partial charge in [-0.3, -0.25) is 10.0 Å². The van der Waals surface area contributed by atoms with Crippen LogP contribution in [0.25, 0.3) is 0 Å². The van der Waals surface area contributed by atoms with Gasteiger partial charge in [-0.25, -0.2) is 15.2 Å². The average molecular weight is 331 g/mol. The number of halogens is 2. The zero-order valence-corrected chi connectivity index (χ0v) is 13.4. The zero-order valence-electron chi connectivity index (χ0n) is 12.6. The van der Waals surface area contributed by atoms with Gasteiger partial charge in [-0.1, -0.05) is 29.8 Å². The summed E-state index contributed by atoms with van der Waals surface area (Å²) in [5.41, 5.74) is 2.60. The summed E-state index contributed by atoms with van der Waals surface area (Å²) in [7, 11) is 0. The van der Waals surface area contributed by atoms with Gasteiger partial charge in [-0.05, 0) is 31.2 Å². The summed E-state index contributed by atoms with van der Waals surface area (Å²) in [4.78, 5) is 9.15. The van der Waals surface area contributed by atoms with E-state index in [4.69, 9.17) is 17.4 Å². The monoisotopic (exact) mass is 330 g/mol. The van der Waals surface area contributed by atoms with Crippen molar-refractivity contribution in [1.82, 2.24) is 5.01 Å². The Kier molecular flexibility index (Phi) is 4.41. The highest BCUT2D eigenvalue weighted by molar-refractivity contribution is 6.36. The Balaban J connectivity index is 2.19. The lowest BCUT2D eigenvalue weighted by Crippen LogP contribution is -2.38. The van der Waals surface area contributed by atoms with Crippen LogP contribution in [0.15, 0.2) is 52.4 Å². The molecule has 0 saturated heterocycles. The second-order valence-electron chi connectivity index (χ2n) is 5.12. The molecule has 6 heteroatoms. The van der Waals surface area contributed by atoms with Crippen LogP contribution in [0.3, 0.4) is 0 Å². The SMILES string of the molecule is CCN(N)C1=Nc2ccc(F)cc2C(c2ccccc2Cl)=NC1. The Labute approximate surface area is 139 Å². The fourth-order valence-electron chi connectivity index (χ4n) is 2.43. The van der Waals surface area contributed by atoms with E-state index in [0.29, 0.717) is 40.9 Å². The first-order valence-electron chi connectivity index (χ1n) is 7.29. The van der Waals surface area contributed by atoms with Gasteiger partial charge in [0.15, 0.2) is 0 Å². The summed E-state index contributed by atoms with van der Waals surface area (Å²) >= 11 is 6.30. The van der Waals surface area contributed by atoms with Crippen LogP contribution >= 0.6 is 11.6 Å². The molecule has 118 valence electrons. The predicted octanol–water partition coefficient (Wildman–Crippen LogP) is 3.56. The van der Waals surface area contributed by atoms with E-state index in [0.717, 1.165) is 5.56 Å². The van der Waals surface area contributed by atoms with Crippen molar-refractivity contribution in [2.24, 2.45) is 15.8 Å². The maximum Gasteiger partial charge on any atom is 0.141 e. The largest absolute Gasteiger partial charge is 0.297 e. The van der Waals surface area contributed by atoms with Crippen LogP contribution in [0, 0.1) is 5.82 Å². The highest BCUT2D eigenvalue weighted by Gasteiger charge is 2.19. The molecule has 0 fully saturated rings. The van der Waals surface area contributed by atoms with Gasteiger partial charge < -0.3 is 0 Å². The normalized spacial score (nSPS) is 13.7. The lowest BCUT2D eigenvalue weighted by Gasteiger charge is -2.16. The highest BCUT2D eigenvalue weighted by atomic mass is 35.5. The van der Waals surface area contributed by atoms with Gasteiger partial charge in [0.2, 0.25) is 0 Å². The molecule has 0 radical (unpaired) electrons. The van der Waals surface area contributed by atoms with Gasteiger partial charge in [0, 0.05) is 22.7 Å². The van der Waals surface area contributed by atoms with Crippen LogP contribution in [0.2, 0.25) is 5.02 Å². The number of amidine groups is 1. The van der Waals surface area contributed by atoms with Crippen molar-refractivity contribution >= 4 is 28.8 Å². The zero-order chi connectivity index (χ0) is 16.4. The second-order valence-corrected chi connectivity index (χ2v) is 5.53. The average Bonchev–Trinajstić information content (AvgIpc) is 2.74. The Morgan fingerprint density at radius 3 is 2.74 bits per heavy atom. The minimum absolute atomic E-state index is 0.307. The number of hydrogen-bond donors (Lipinski definition) is 1. The molecule has 2 aromatic rings. The van der Waals surface area contributed by atoms with Crippen LogP contribution in [0.1, 0.15) is 18.1 Å². The van der Waals surface area contributed by atoms with Gasteiger partial charge in [0.1, 0.15) is 11.7 Å². The quantitative estimate of drug-likeness (QED) is 0.676. The third-order valence-corrected chi connectivity index (χ3v) is 3.97. The van der Waals surface area contributed by atoms with E-state index in [-0.39, 0.29) is 5.82 Å². The number of nitrogens with two attached hydrogens (primary N) is 1. The third-order valence-electron chi connectivity index (χ3n) is 3.64. The molecule has 3 rings (SSSR count). The maximum absolute atomic E-state index is 13.8. The first-order chi connectivity index (χ1) is 11.1. The topological polar surface area (TPSA) is 54.0 Å². The smallest absolute Gasteiger partial charge is 0.141 e. The van der Waals surface area contributed by atoms with Crippen LogP contribution in [-0.2, 0) is 0 Å². The van der Waals surface area contributed by atoms with Gasteiger partial charge in [-0.2, -0.15) is 0 Å². The molecule has 4 nitrogen and oxygen atoms in total. The third kappa shape index (κ3) is 3.11. The maximum atomic E-state index is 13.8. The molecular weight excluding hydrogens is 315 g/mol. The molecule has 0 amide bonds. The van der Waals surface area contributed by atoms with Crippen LogP contribution in [0.5, 0.6) is 0 Å². The molecule has 1 aliphatic heterocycles. The first-order valence-corrected chi connectivity index (χ1v) is 7.67. The molecule has 0 atom stereocenters. The van der Waals surface area contributed by atoms with Crippen molar-refractivity contribution in [3.8, 4) is 0 Å². The summed E-state index contributed by atoms with van der Waals surface area (Å²) in [6.07, 6.45) is 0. The summed E-state index contributed by atoms with van der Waals surface area (Å²) in [6, 6.07) is 11.8. The van der Waals surface area contributed by atoms with E-state index in [1.807, 2.05) is 25.1 Å². The van der Waals surface area contributed by atoms with E-state index < -0.39 is 0 Å². The first kappa shape index (κ1) is 15.6. The molecule has 1 aliphatic rings. The minimum Gasteiger partial charge on any atom is -0.297 e. The molecule has 23 heavy (non-hydrogen) atoms. The van der Waals surface area contributed by atoms with Crippen LogP contribution < -0.4 is 5.84 Å². The molecule has 0 spiro atoms. The van der Waals surface area contributed by atoms with Crippen LogP contribution in [0.4, 0.5) is 10.1 Å². The van der Waals surface area contributed by atoms with Crippen molar-refractivity contribution in [3.63, 3.8) is 0 Å². The van der Waals surface area contributed by atoms with Crippen LogP contribution in [-0.4, -0.2) is 29.6 Å². The standard InChI is InChI=1S/C17H16ClFN4/c1-2-23(20)16-10-21-17(12-5-3-4-6-14(12)18)13-9-11(19)7-8-15(13)22-16/h3-9H,2,10,20H2,1H3. The number of fused-ring (bicyclic) bond motifs is 1. The second kappa shape index (κ2) is 6.48. The summed E-state index contributed by atoms with van der Waals surface area (Å²) < 4.78 is 13.8. The van der Waals surface area contributed by atoms with E-state index in [1.54, 1.807) is 12.1 Å². The Hall–Kier alpha value is -2.24.